The number of nitrogens with zero attached hydrogens (tertiary/aromatic N) is 2. The van der Waals surface area contributed by atoms with Crippen molar-refractivity contribution in [3.63, 3.8) is 0 Å². The van der Waals surface area contributed by atoms with E-state index in [-0.39, 0.29) is 11.9 Å². The smallest absolute Gasteiger partial charge is 0.150 e. The fourth-order valence-electron chi connectivity index (χ4n) is 2.38. The lowest BCUT2D eigenvalue weighted by Gasteiger charge is -2.28. The SMILES string of the molecule is Cc1cccc2c1OCC[C@H]2Nc1ncnc(N)c1Cl. The van der Waals surface area contributed by atoms with E-state index in [9.17, 15) is 0 Å². The second-order valence-corrected chi connectivity index (χ2v) is 5.13. The van der Waals surface area contributed by atoms with Crippen molar-refractivity contribution in [2.24, 2.45) is 0 Å². The number of rotatable bonds is 2. The Morgan fingerprint density at radius 2 is 2.25 bits per heavy atom. The molecule has 1 aliphatic heterocycles. The lowest BCUT2D eigenvalue weighted by molar-refractivity contribution is 0.272. The van der Waals surface area contributed by atoms with Crippen LogP contribution in [-0.4, -0.2) is 16.6 Å². The highest BCUT2D eigenvalue weighted by Crippen LogP contribution is 2.37. The zero-order valence-corrected chi connectivity index (χ0v) is 11.8. The summed E-state index contributed by atoms with van der Waals surface area (Å²) in [6.45, 7) is 2.70. The van der Waals surface area contributed by atoms with Gasteiger partial charge in [0.15, 0.2) is 5.82 Å². The number of benzene rings is 1. The minimum absolute atomic E-state index is 0.102. The normalized spacial score (nSPS) is 17.2. The molecule has 20 heavy (non-hydrogen) atoms. The van der Waals surface area contributed by atoms with Crippen molar-refractivity contribution in [3.05, 3.63) is 40.7 Å². The van der Waals surface area contributed by atoms with Gasteiger partial charge in [-0.25, -0.2) is 9.97 Å². The topological polar surface area (TPSA) is 73.1 Å². The summed E-state index contributed by atoms with van der Waals surface area (Å²) in [4.78, 5) is 8.01. The molecule has 3 N–H and O–H groups in total. The summed E-state index contributed by atoms with van der Waals surface area (Å²) in [5.74, 6) is 1.77. The molecule has 1 aliphatic rings. The lowest BCUT2D eigenvalue weighted by atomic mass is 9.98. The molecular formula is C14H15ClN4O. The first kappa shape index (κ1) is 13.0. The van der Waals surface area contributed by atoms with Gasteiger partial charge < -0.3 is 15.8 Å². The molecule has 2 aromatic rings. The highest BCUT2D eigenvalue weighted by molar-refractivity contribution is 6.35. The predicted molar refractivity (Wildman–Crippen MR) is 79.1 cm³/mol. The second kappa shape index (κ2) is 5.17. The Bertz CT molecular complexity index is 647. The summed E-state index contributed by atoms with van der Waals surface area (Å²) >= 11 is 6.13. The summed E-state index contributed by atoms with van der Waals surface area (Å²) in [5.41, 5.74) is 7.94. The fraction of sp³-hybridized carbons (Fsp3) is 0.286. The molecular weight excluding hydrogens is 276 g/mol. The van der Waals surface area contributed by atoms with Crippen molar-refractivity contribution in [3.8, 4) is 5.75 Å². The molecule has 1 atom stereocenters. The zero-order chi connectivity index (χ0) is 14.1. The van der Waals surface area contributed by atoms with Crippen LogP contribution >= 0.6 is 11.6 Å². The first-order valence-corrected chi connectivity index (χ1v) is 6.79. The Morgan fingerprint density at radius 3 is 3.10 bits per heavy atom. The van der Waals surface area contributed by atoms with Gasteiger partial charge in [-0.2, -0.15) is 0 Å². The zero-order valence-electron chi connectivity index (χ0n) is 11.1. The third-order valence-corrected chi connectivity index (χ3v) is 3.77. The van der Waals surface area contributed by atoms with Gasteiger partial charge in [-0.15, -0.1) is 0 Å². The molecule has 2 heterocycles. The van der Waals surface area contributed by atoms with Gasteiger partial charge in [-0.1, -0.05) is 29.8 Å². The molecule has 0 bridgehead atoms. The molecule has 1 aromatic carbocycles. The second-order valence-electron chi connectivity index (χ2n) is 4.75. The molecule has 1 aromatic heterocycles. The highest BCUT2D eigenvalue weighted by Gasteiger charge is 2.23. The standard InChI is InChI=1S/C14H15ClN4O/c1-8-3-2-4-9-10(5-6-20-12(8)9)19-14-11(15)13(16)17-7-18-14/h2-4,7,10H,5-6H2,1H3,(H3,16,17,18,19)/t10-/m1/s1. The number of hydrogen-bond acceptors (Lipinski definition) is 5. The number of aryl methyl sites for hydroxylation is 1. The van der Waals surface area contributed by atoms with Crippen LogP contribution in [0.25, 0.3) is 0 Å². The number of aromatic nitrogens is 2. The Kier molecular flexibility index (Phi) is 3.36. The largest absolute Gasteiger partial charge is 0.493 e. The number of ether oxygens (including phenoxy) is 1. The van der Waals surface area contributed by atoms with Gasteiger partial charge in [-0.3, -0.25) is 0 Å². The van der Waals surface area contributed by atoms with Crippen LogP contribution in [0.2, 0.25) is 5.02 Å². The van der Waals surface area contributed by atoms with E-state index in [0.717, 1.165) is 23.3 Å². The highest BCUT2D eigenvalue weighted by atomic mass is 35.5. The number of nitrogens with two attached hydrogens (primary N) is 1. The average Bonchev–Trinajstić information content (AvgIpc) is 2.45. The number of halogens is 1. The van der Waals surface area contributed by atoms with Gasteiger partial charge in [0.1, 0.15) is 22.9 Å². The molecule has 0 unspecified atom stereocenters. The van der Waals surface area contributed by atoms with Crippen molar-refractivity contribution >= 4 is 23.2 Å². The number of nitrogens with one attached hydrogen (secondary N) is 1. The fourth-order valence-corrected chi connectivity index (χ4v) is 2.53. The number of para-hydroxylation sites is 1. The van der Waals surface area contributed by atoms with Crippen LogP contribution in [0.4, 0.5) is 11.6 Å². The number of anilines is 2. The van der Waals surface area contributed by atoms with E-state index >= 15 is 0 Å². The first-order chi connectivity index (χ1) is 9.66. The number of fused-ring (bicyclic) bond motifs is 1. The van der Waals surface area contributed by atoms with E-state index in [4.69, 9.17) is 22.1 Å². The number of hydrogen-bond donors (Lipinski definition) is 2. The van der Waals surface area contributed by atoms with Gasteiger partial charge in [0.2, 0.25) is 0 Å². The molecule has 6 heteroatoms. The molecule has 0 spiro atoms. The molecule has 0 saturated carbocycles. The van der Waals surface area contributed by atoms with E-state index in [1.807, 2.05) is 19.1 Å². The van der Waals surface area contributed by atoms with Crippen LogP contribution in [0.1, 0.15) is 23.6 Å². The summed E-state index contributed by atoms with van der Waals surface area (Å²) in [6.07, 6.45) is 2.25. The van der Waals surface area contributed by atoms with Crippen LogP contribution < -0.4 is 15.8 Å². The van der Waals surface area contributed by atoms with Crippen molar-refractivity contribution < 1.29 is 4.74 Å². The van der Waals surface area contributed by atoms with Gasteiger partial charge in [0, 0.05) is 12.0 Å². The van der Waals surface area contributed by atoms with Crippen LogP contribution in [0, 0.1) is 6.92 Å². The molecule has 0 radical (unpaired) electrons. The molecule has 3 rings (SSSR count). The van der Waals surface area contributed by atoms with E-state index in [1.54, 1.807) is 0 Å². The van der Waals surface area contributed by atoms with Gasteiger partial charge in [0.25, 0.3) is 0 Å². The van der Waals surface area contributed by atoms with E-state index in [1.165, 1.54) is 6.33 Å². The van der Waals surface area contributed by atoms with Crippen LogP contribution in [-0.2, 0) is 0 Å². The lowest BCUT2D eigenvalue weighted by Crippen LogP contribution is -2.21. The molecule has 104 valence electrons. The Balaban J connectivity index is 1.94. The monoisotopic (exact) mass is 290 g/mol. The Labute approximate surface area is 122 Å². The van der Waals surface area contributed by atoms with E-state index < -0.39 is 0 Å². The molecule has 0 amide bonds. The van der Waals surface area contributed by atoms with Crippen LogP contribution in [0.5, 0.6) is 5.75 Å². The maximum Gasteiger partial charge on any atom is 0.150 e. The van der Waals surface area contributed by atoms with Crippen molar-refractivity contribution in [2.75, 3.05) is 17.7 Å². The third-order valence-electron chi connectivity index (χ3n) is 3.40. The summed E-state index contributed by atoms with van der Waals surface area (Å²) < 4.78 is 5.75. The van der Waals surface area contributed by atoms with E-state index in [0.29, 0.717) is 17.4 Å². The first-order valence-electron chi connectivity index (χ1n) is 6.41. The van der Waals surface area contributed by atoms with Gasteiger partial charge in [-0.05, 0) is 12.5 Å². The molecule has 5 nitrogen and oxygen atoms in total. The van der Waals surface area contributed by atoms with E-state index in [2.05, 4.69) is 21.4 Å². The maximum absolute atomic E-state index is 6.13. The summed E-state index contributed by atoms with van der Waals surface area (Å²) in [5, 5.41) is 3.69. The minimum atomic E-state index is 0.102. The molecule has 0 saturated heterocycles. The minimum Gasteiger partial charge on any atom is -0.493 e. The summed E-state index contributed by atoms with van der Waals surface area (Å²) in [7, 11) is 0. The Hall–Kier alpha value is -2.01. The van der Waals surface area contributed by atoms with Crippen LogP contribution in [0.3, 0.4) is 0 Å². The predicted octanol–water partition coefficient (Wildman–Crippen LogP) is 2.96. The van der Waals surface area contributed by atoms with Gasteiger partial charge >= 0.3 is 0 Å². The molecule has 0 aliphatic carbocycles. The Morgan fingerprint density at radius 1 is 1.40 bits per heavy atom. The quantitative estimate of drug-likeness (QED) is 0.889. The van der Waals surface area contributed by atoms with Crippen molar-refractivity contribution in [1.82, 2.24) is 9.97 Å². The average molecular weight is 291 g/mol. The number of nitrogen functional groups attached to an aromatic ring is 1. The summed E-state index contributed by atoms with van der Waals surface area (Å²) in [6, 6.07) is 6.22. The molecule has 0 fully saturated rings. The van der Waals surface area contributed by atoms with Gasteiger partial charge in [0.05, 0.1) is 12.6 Å². The van der Waals surface area contributed by atoms with Crippen molar-refractivity contribution in [1.29, 1.82) is 0 Å². The van der Waals surface area contributed by atoms with Crippen molar-refractivity contribution in [2.45, 2.75) is 19.4 Å². The maximum atomic E-state index is 6.13. The van der Waals surface area contributed by atoms with Crippen LogP contribution in [0.15, 0.2) is 24.5 Å². The third kappa shape index (κ3) is 2.25.